The second-order valence-electron chi connectivity index (χ2n) is 4.75. The average Bonchev–Trinajstić information content (AvgIpc) is 3.00. The van der Waals surface area contributed by atoms with Crippen LogP contribution >= 0.6 is 0 Å². The maximum absolute atomic E-state index is 12.1. The summed E-state index contributed by atoms with van der Waals surface area (Å²) in [6, 6.07) is 14.1. The van der Waals surface area contributed by atoms with E-state index in [2.05, 4.69) is 4.98 Å². The van der Waals surface area contributed by atoms with E-state index in [9.17, 15) is 9.59 Å². The highest BCUT2D eigenvalue weighted by Crippen LogP contribution is 2.16. The summed E-state index contributed by atoms with van der Waals surface area (Å²) < 4.78 is 5.13. The Morgan fingerprint density at radius 3 is 2.38 bits per heavy atom. The predicted molar refractivity (Wildman–Crippen MR) is 78.3 cm³/mol. The first-order valence-electron chi connectivity index (χ1n) is 6.69. The number of fused-ring (bicyclic) bond motifs is 1. The van der Waals surface area contributed by atoms with Gasteiger partial charge in [0.1, 0.15) is 5.52 Å². The predicted octanol–water partition coefficient (Wildman–Crippen LogP) is 3.67. The van der Waals surface area contributed by atoms with Crippen molar-refractivity contribution in [1.29, 1.82) is 0 Å². The molecule has 0 bridgehead atoms. The van der Waals surface area contributed by atoms with Crippen LogP contribution in [0.1, 0.15) is 33.6 Å². The van der Waals surface area contributed by atoms with Gasteiger partial charge in [-0.15, -0.1) is 0 Å². The smallest absolute Gasteiger partial charge is 0.181 e. The molecule has 0 amide bonds. The van der Waals surface area contributed by atoms with Gasteiger partial charge in [0.15, 0.2) is 23.5 Å². The van der Waals surface area contributed by atoms with E-state index < -0.39 is 0 Å². The molecule has 0 spiro atoms. The summed E-state index contributed by atoms with van der Waals surface area (Å²) in [7, 11) is 0. The van der Waals surface area contributed by atoms with E-state index in [1.54, 1.807) is 30.3 Å². The molecule has 1 aromatic heterocycles. The number of nitrogens with zero attached hydrogens (tertiary/aromatic N) is 1. The summed E-state index contributed by atoms with van der Waals surface area (Å²) in [5.74, 6) is -0.0874. The Balaban J connectivity index is 1.67. The van der Waals surface area contributed by atoms with Crippen LogP contribution in [0.3, 0.4) is 0 Å². The van der Waals surface area contributed by atoms with E-state index in [0.717, 1.165) is 0 Å². The van der Waals surface area contributed by atoms with Crippen LogP contribution in [0.4, 0.5) is 0 Å². The summed E-state index contributed by atoms with van der Waals surface area (Å²) in [4.78, 5) is 28.1. The van der Waals surface area contributed by atoms with Gasteiger partial charge in [-0.3, -0.25) is 9.59 Å². The molecule has 0 saturated carbocycles. The lowest BCUT2D eigenvalue weighted by Crippen LogP contribution is -2.05. The van der Waals surface area contributed by atoms with E-state index in [4.69, 9.17) is 4.42 Å². The number of benzene rings is 2. The lowest BCUT2D eigenvalue weighted by molar-refractivity contribution is 0.0917. The molecule has 1 heterocycles. The SMILES string of the molecule is O=C(CCC(=O)c1ccc2ocnc2c1)c1ccccc1. The fourth-order valence-electron chi connectivity index (χ4n) is 2.17. The fraction of sp³-hybridized carbons (Fsp3) is 0.118. The Bertz CT molecular complexity index is 790. The molecule has 0 aliphatic rings. The number of carbonyl (C=O) groups excluding carboxylic acids is 2. The molecule has 3 rings (SSSR count). The minimum absolute atomic E-state index is 0.0218. The van der Waals surface area contributed by atoms with Crippen molar-refractivity contribution in [3.05, 3.63) is 66.1 Å². The zero-order valence-corrected chi connectivity index (χ0v) is 11.3. The number of carbonyl (C=O) groups is 2. The van der Waals surface area contributed by atoms with Crippen molar-refractivity contribution in [2.75, 3.05) is 0 Å². The summed E-state index contributed by atoms with van der Waals surface area (Å²) in [6.07, 6.45) is 1.74. The lowest BCUT2D eigenvalue weighted by Gasteiger charge is -2.01. The van der Waals surface area contributed by atoms with Crippen LogP contribution < -0.4 is 0 Å². The molecular formula is C17H13NO3. The van der Waals surface area contributed by atoms with E-state index >= 15 is 0 Å². The molecule has 0 radical (unpaired) electrons. The molecule has 3 aromatic rings. The molecule has 2 aromatic carbocycles. The average molecular weight is 279 g/mol. The zero-order chi connectivity index (χ0) is 14.7. The molecule has 0 fully saturated rings. The van der Waals surface area contributed by atoms with E-state index in [-0.39, 0.29) is 24.4 Å². The van der Waals surface area contributed by atoms with Crippen molar-refractivity contribution >= 4 is 22.7 Å². The monoisotopic (exact) mass is 279 g/mol. The van der Waals surface area contributed by atoms with Crippen molar-refractivity contribution in [3.8, 4) is 0 Å². The van der Waals surface area contributed by atoms with Gasteiger partial charge in [0, 0.05) is 24.0 Å². The van der Waals surface area contributed by atoms with Crippen molar-refractivity contribution in [2.24, 2.45) is 0 Å². The Morgan fingerprint density at radius 1 is 0.905 bits per heavy atom. The molecule has 0 unspecified atom stereocenters. The summed E-state index contributed by atoms with van der Waals surface area (Å²) in [5.41, 5.74) is 2.48. The van der Waals surface area contributed by atoms with Crippen LogP contribution in [0.25, 0.3) is 11.1 Å². The summed E-state index contributed by atoms with van der Waals surface area (Å²) >= 11 is 0. The van der Waals surface area contributed by atoms with Gasteiger partial charge in [-0.05, 0) is 18.2 Å². The van der Waals surface area contributed by atoms with Crippen LogP contribution in [0, 0.1) is 0 Å². The van der Waals surface area contributed by atoms with Crippen molar-refractivity contribution in [3.63, 3.8) is 0 Å². The number of ketones is 2. The highest BCUT2D eigenvalue weighted by atomic mass is 16.3. The number of oxazole rings is 1. The van der Waals surface area contributed by atoms with Gasteiger partial charge < -0.3 is 4.42 Å². The third-order valence-corrected chi connectivity index (χ3v) is 3.33. The van der Waals surface area contributed by atoms with Crippen LogP contribution in [-0.4, -0.2) is 16.6 Å². The largest absolute Gasteiger partial charge is 0.443 e. The third kappa shape index (κ3) is 2.89. The van der Waals surface area contributed by atoms with Crippen LogP contribution in [0.5, 0.6) is 0 Å². The van der Waals surface area contributed by atoms with E-state index in [0.29, 0.717) is 22.2 Å². The van der Waals surface area contributed by atoms with Gasteiger partial charge in [-0.2, -0.15) is 0 Å². The second-order valence-corrected chi connectivity index (χ2v) is 4.75. The quantitative estimate of drug-likeness (QED) is 0.668. The fourth-order valence-corrected chi connectivity index (χ4v) is 2.17. The molecule has 4 nitrogen and oxygen atoms in total. The number of Topliss-reactive ketones (excluding diaryl/α,β-unsaturated/α-hetero) is 2. The number of rotatable bonds is 5. The van der Waals surface area contributed by atoms with E-state index in [1.807, 2.05) is 18.2 Å². The molecular weight excluding hydrogens is 266 g/mol. The van der Waals surface area contributed by atoms with Gasteiger partial charge in [-0.1, -0.05) is 30.3 Å². The van der Waals surface area contributed by atoms with Gasteiger partial charge in [0.05, 0.1) is 0 Å². The molecule has 0 saturated heterocycles. The van der Waals surface area contributed by atoms with Gasteiger partial charge in [0.2, 0.25) is 0 Å². The molecule has 21 heavy (non-hydrogen) atoms. The topological polar surface area (TPSA) is 60.2 Å². The van der Waals surface area contributed by atoms with Crippen molar-refractivity contribution < 1.29 is 14.0 Å². The first-order chi connectivity index (χ1) is 10.2. The number of hydrogen-bond acceptors (Lipinski definition) is 4. The normalized spacial score (nSPS) is 10.7. The van der Waals surface area contributed by atoms with Crippen molar-refractivity contribution in [1.82, 2.24) is 4.98 Å². The minimum atomic E-state index is -0.0656. The number of aromatic nitrogens is 1. The second kappa shape index (κ2) is 5.71. The Morgan fingerprint density at radius 2 is 1.62 bits per heavy atom. The highest BCUT2D eigenvalue weighted by Gasteiger charge is 2.12. The minimum Gasteiger partial charge on any atom is -0.443 e. The molecule has 0 atom stereocenters. The summed E-state index contributed by atoms with van der Waals surface area (Å²) in [5, 5.41) is 0. The Hall–Kier alpha value is -2.75. The van der Waals surface area contributed by atoms with Crippen LogP contribution in [0.2, 0.25) is 0 Å². The van der Waals surface area contributed by atoms with E-state index in [1.165, 1.54) is 6.39 Å². The number of hydrogen-bond donors (Lipinski definition) is 0. The van der Waals surface area contributed by atoms with Crippen LogP contribution in [-0.2, 0) is 0 Å². The maximum Gasteiger partial charge on any atom is 0.181 e. The van der Waals surface area contributed by atoms with Gasteiger partial charge >= 0.3 is 0 Å². The molecule has 104 valence electrons. The first-order valence-corrected chi connectivity index (χ1v) is 6.69. The Labute approximate surface area is 121 Å². The summed E-state index contributed by atoms with van der Waals surface area (Å²) in [6.45, 7) is 0. The van der Waals surface area contributed by atoms with Gasteiger partial charge in [0.25, 0.3) is 0 Å². The molecule has 0 aliphatic carbocycles. The standard InChI is InChI=1S/C17H13NO3/c19-15(12-4-2-1-3-5-12)7-8-16(20)13-6-9-17-14(10-13)18-11-21-17/h1-6,9-11H,7-8H2. The molecule has 0 N–H and O–H groups in total. The molecule has 4 heteroatoms. The Kier molecular flexibility index (Phi) is 3.60. The van der Waals surface area contributed by atoms with Gasteiger partial charge in [-0.25, -0.2) is 4.98 Å². The first kappa shape index (κ1) is 13.2. The lowest BCUT2D eigenvalue weighted by atomic mass is 10.0. The molecule has 0 aliphatic heterocycles. The zero-order valence-electron chi connectivity index (χ0n) is 11.3. The van der Waals surface area contributed by atoms with Crippen molar-refractivity contribution in [2.45, 2.75) is 12.8 Å². The maximum atomic E-state index is 12.1. The third-order valence-electron chi connectivity index (χ3n) is 3.33. The highest BCUT2D eigenvalue weighted by molar-refractivity contribution is 6.03. The van der Waals surface area contributed by atoms with Crippen LogP contribution in [0.15, 0.2) is 59.3 Å².